The van der Waals surface area contributed by atoms with Gasteiger partial charge in [-0.25, -0.2) is 9.69 Å². The van der Waals surface area contributed by atoms with Crippen molar-refractivity contribution < 1.29 is 38.1 Å². The summed E-state index contributed by atoms with van der Waals surface area (Å²) in [5.41, 5.74) is 0.783. The summed E-state index contributed by atoms with van der Waals surface area (Å²) in [7, 11) is 1.44. The number of carbonyl (C=O) groups is 4. The van der Waals surface area contributed by atoms with Crippen LogP contribution < -0.4 is 34.5 Å². The summed E-state index contributed by atoms with van der Waals surface area (Å²) >= 11 is 6.49. The molecule has 2 N–H and O–H groups in total. The minimum absolute atomic E-state index is 0.0781. The first kappa shape index (κ1) is 30.9. The predicted molar refractivity (Wildman–Crippen MR) is 161 cm³/mol. The Kier molecular flexibility index (Phi) is 10.2. The smallest absolute Gasteiger partial charge is 0.335 e. The van der Waals surface area contributed by atoms with Crippen LogP contribution >= 0.6 is 11.6 Å². The number of barbiturate groups is 1. The van der Waals surface area contributed by atoms with E-state index < -0.39 is 23.8 Å². The Hall–Kier alpha value is -5.03. The number of rotatable bonds is 12. The number of nitrogens with one attached hydrogen (secondary N) is 2. The fourth-order valence-corrected chi connectivity index (χ4v) is 4.39. The van der Waals surface area contributed by atoms with Gasteiger partial charge in [0.15, 0.2) is 29.6 Å². The van der Waals surface area contributed by atoms with E-state index in [-0.39, 0.29) is 41.0 Å². The fourth-order valence-electron chi connectivity index (χ4n) is 4.12. The van der Waals surface area contributed by atoms with Gasteiger partial charge >= 0.3 is 6.03 Å². The molecule has 3 aromatic carbocycles. The van der Waals surface area contributed by atoms with Crippen molar-refractivity contribution >= 4 is 52.8 Å². The molecule has 224 valence electrons. The van der Waals surface area contributed by atoms with E-state index >= 15 is 0 Å². The molecule has 0 saturated carbocycles. The summed E-state index contributed by atoms with van der Waals surface area (Å²) < 4.78 is 22.4. The third-order valence-corrected chi connectivity index (χ3v) is 6.30. The maximum absolute atomic E-state index is 13.5. The SMILES string of the molecule is CCCOc1ccc(N2C(=O)NC(=O)/C(=C/c3cc(Cl)c(OCC(=O)Nc4ccccc4)c(OCC)c3)C2=O)cc1OC. The van der Waals surface area contributed by atoms with E-state index in [1.807, 2.05) is 13.0 Å². The third kappa shape index (κ3) is 7.44. The largest absolute Gasteiger partial charge is 0.493 e. The molecule has 12 heteroatoms. The van der Waals surface area contributed by atoms with Crippen molar-refractivity contribution in [2.24, 2.45) is 0 Å². The van der Waals surface area contributed by atoms with Gasteiger partial charge < -0.3 is 24.3 Å². The molecule has 0 atom stereocenters. The van der Waals surface area contributed by atoms with Crippen LogP contribution in [0.15, 0.2) is 66.2 Å². The third-order valence-electron chi connectivity index (χ3n) is 6.02. The van der Waals surface area contributed by atoms with Gasteiger partial charge in [0.1, 0.15) is 5.57 Å². The number of amides is 5. The van der Waals surface area contributed by atoms with Gasteiger partial charge in [-0.2, -0.15) is 0 Å². The van der Waals surface area contributed by atoms with Crippen molar-refractivity contribution in [3.63, 3.8) is 0 Å². The molecule has 0 spiro atoms. The number of para-hydroxylation sites is 1. The van der Waals surface area contributed by atoms with Crippen molar-refractivity contribution in [1.29, 1.82) is 0 Å². The molecule has 1 aliphatic rings. The number of nitrogens with zero attached hydrogens (tertiary/aromatic N) is 1. The second kappa shape index (κ2) is 14.2. The van der Waals surface area contributed by atoms with E-state index in [0.29, 0.717) is 29.4 Å². The number of imide groups is 2. The molecule has 0 bridgehead atoms. The van der Waals surface area contributed by atoms with Crippen molar-refractivity contribution in [3.8, 4) is 23.0 Å². The van der Waals surface area contributed by atoms with E-state index in [2.05, 4.69) is 10.6 Å². The van der Waals surface area contributed by atoms with Gasteiger partial charge in [-0.15, -0.1) is 0 Å². The average Bonchev–Trinajstić information content (AvgIpc) is 2.98. The number of benzene rings is 3. The van der Waals surface area contributed by atoms with Crippen LogP contribution in [0.2, 0.25) is 5.02 Å². The highest BCUT2D eigenvalue weighted by Crippen LogP contribution is 2.38. The maximum atomic E-state index is 13.5. The number of carbonyl (C=O) groups excluding carboxylic acids is 4. The Labute approximate surface area is 253 Å². The van der Waals surface area contributed by atoms with E-state index in [0.717, 1.165) is 11.3 Å². The molecule has 43 heavy (non-hydrogen) atoms. The summed E-state index contributed by atoms with van der Waals surface area (Å²) in [5, 5.41) is 4.98. The molecule has 3 aromatic rings. The number of urea groups is 1. The molecule has 0 unspecified atom stereocenters. The molecule has 11 nitrogen and oxygen atoms in total. The first-order valence-corrected chi connectivity index (χ1v) is 13.8. The second-order valence-electron chi connectivity index (χ2n) is 9.11. The number of hydrogen-bond acceptors (Lipinski definition) is 8. The molecule has 0 radical (unpaired) electrons. The lowest BCUT2D eigenvalue weighted by Gasteiger charge is -2.27. The highest BCUT2D eigenvalue weighted by molar-refractivity contribution is 6.39. The van der Waals surface area contributed by atoms with Crippen LogP contribution in [0.5, 0.6) is 23.0 Å². The zero-order valence-electron chi connectivity index (χ0n) is 23.8. The highest BCUT2D eigenvalue weighted by Gasteiger charge is 2.37. The van der Waals surface area contributed by atoms with E-state index in [4.69, 9.17) is 30.5 Å². The molecular formula is C31H30ClN3O8. The van der Waals surface area contributed by atoms with Crippen molar-refractivity contribution in [2.75, 3.05) is 37.1 Å². The van der Waals surface area contributed by atoms with Crippen molar-refractivity contribution in [1.82, 2.24) is 5.32 Å². The van der Waals surface area contributed by atoms with Gasteiger partial charge in [0.2, 0.25) is 0 Å². The van der Waals surface area contributed by atoms with Gasteiger partial charge in [-0.05, 0) is 61.4 Å². The molecule has 1 saturated heterocycles. The Balaban J connectivity index is 1.59. The topological polar surface area (TPSA) is 132 Å². The average molecular weight is 608 g/mol. The Morgan fingerprint density at radius 3 is 2.42 bits per heavy atom. The Bertz CT molecular complexity index is 1560. The van der Waals surface area contributed by atoms with Crippen LogP contribution in [-0.2, 0) is 14.4 Å². The predicted octanol–water partition coefficient (Wildman–Crippen LogP) is 5.22. The van der Waals surface area contributed by atoms with Gasteiger partial charge in [-0.1, -0.05) is 36.7 Å². The lowest BCUT2D eigenvalue weighted by molar-refractivity contribution is -0.122. The summed E-state index contributed by atoms with van der Waals surface area (Å²) in [6.45, 7) is 4.05. The first-order chi connectivity index (χ1) is 20.7. The van der Waals surface area contributed by atoms with E-state index in [9.17, 15) is 19.2 Å². The molecule has 1 heterocycles. The number of anilines is 2. The Morgan fingerprint density at radius 1 is 0.953 bits per heavy atom. The van der Waals surface area contributed by atoms with Gasteiger partial charge in [0.25, 0.3) is 17.7 Å². The number of ether oxygens (including phenoxy) is 4. The molecule has 1 aliphatic heterocycles. The number of halogens is 1. The summed E-state index contributed by atoms with van der Waals surface area (Å²) in [4.78, 5) is 52.2. The minimum atomic E-state index is -0.915. The van der Waals surface area contributed by atoms with Crippen LogP contribution in [-0.4, -0.2) is 50.7 Å². The van der Waals surface area contributed by atoms with Gasteiger partial charge in [0.05, 0.1) is 31.0 Å². The van der Waals surface area contributed by atoms with E-state index in [1.54, 1.807) is 37.3 Å². The van der Waals surface area contributed by atoms with Gasteiger partial charge in [-0.3, -0.25) is 19.7 Å². The molecule has 5 amide bonds. The summed E-state index contributed by atoms with van der Waals surface area (Å²) in [6.07, 6.45) is 2.06. The zero-order valence-corrected chi connectivity index (χ0v) is 24.5. The molecular weight excluding hydrogens is 578 g/mol. The van der Waals surface area contributed by atoms with Crippen LogP contribution in [0.3, 0.4) is 0 Å². The van der Waals surface area contributed by atoms with Crippen LogP contribution in [0, 0.1) is 0 Å². The normalized spacial score (nSPS) is 13.9. The Morgan fingerprint density at radius 2 is 1.72 bits per heavy atom. The summed E-state index contributed by atoms with van der Waals surface area (Å²) in [5.74, 6) is -1.08. The first-order valence-electron chi connectivity index (χ1n) is 13.4. The lowest BCUT2D eigenvalue weighted by Crippen LogP contribution is -2.54. The molecule has 0 aliphatic carbocycles. The molecule has 4 rings (SSSR count). The monoisotopic (exact) mass is 607 g/mol. The zero-order chi connectivity index (χ0) is 30.9. The van der Waals surface area contributed by atoms with Crippen molar-refractivity contribution in [3.05, 3.63) is 76.8 Å². The molecule has 1 fully saturated rings. The maximum Gasteiger partial charge on any atom is 0.335 e. The number of hydrogen-bond donors (Lipinski definition) is 2. The minimum Gasteiger partial charge on any atom is -0.493 e. The summed E-state index contributed by atoms with van der Waals surface area (Å²) in [6, 6.07) is 15.5. The van der Waals surface area contributed by atoms with E-state index in [1.165, 1.54) is 37.5 Å². The van der Waals surface area contributed by atoms with Crippen molar-refractivity contribution in [2.45, 2.75) is 20.3 Å². The lowest BCUT2D eigenvalue weighted by atomic mass is 10.1. The van der Waals surface area contributed by atoms with Crippen LogP contribution in [0.4, 0.5) is 16.2 Å². The second-order valence-corrected chi connectivity index (χ2v) is 9.51. The van der Waals surface area contributed by atoms with Crippen LogP contribution in [0.1, 0.15) is 25.8 Å². The van der Waals surface area contributed by atoms with Gasteiger partial charge in [0, 0.05) is 11.8 Å². The molecule has 0 aromatic heterocycles. The quantitative estimate of drug-likeness (QED) is 0.212. The number of methoxy groups -OCH3 is 1. The highest BCUT2D eigenvalue weighted by atomic mass is 35.5. The fraction of sp³-hybridized carbons (Fsp3) is 0.226. The van der Waals surface area contributed by atoms with Crippen LogP contribution in [0.25, 0.3) is 6.08 Å². The standard InChI is InChI=1S/C31H30ClN3O8/c1-4-13-42-24-12-11-21(17-25(24)40-3)35-30(38)22(29(37)34-31(35)39)14-19-15-23(32)28(26(16-19)41-5-2)43-18-27(36)33-20-9-7-6-8-10-20/h6-12,14-17H,4-5,13,18H2,1-3H3,(H,33,36)(H,34,37,39)/b22-14-.